The Hall–Kier alpha value is -0.820. The van der Waals surface area contributed by atoms with Crippen molar-refractivity contribution >= 4 is 0 Å². The molecule has 1 aromatic rings. The summed E-state index contributed by atoms with van der Waals surface area (Å²) in [6, 6.07) is 9.30. The third-order valence-electron chi connectivity index (χ3n) is 2.39. The van der Waals surface area contributed by atoms with E-state index >= 15 is 0 Å². The van der Waals surface area contributed by atoms with E-state index in [0.29, 0.717) is 6.04 Å². The number of hydrogen-bond acceptors (Lipinski definition) is 1. The Morgan fingerprint density at radius 1 is 1.23 bits per heavy atom. The van der Waals surface area contributed by atoms with Crippen LogP contribution in [0.5, 0.6) is 0 Å². The number of rotatable bonds is 4. The van der Waals surface area contributed by atoms with Gasteiger partial charge in [0.25, 0.3) is 0 Å². The van der Waals surface area contributed by atoms with Crippen molar-refractivity contribution in [2.45, 2.75) is 39.8 Å². The molecule has 1 aromatic carbocycles. The van der Waals surface area contributed by atoms with Crippen LogP contribution in [-0.2, 0) is 6.54 Å². The summed E-state index contributed by atoms with van der Waals surface area (Å²) in [6.07, 6.45) is 1.19. The van der Waals surface area contributed by atoms with Crippen LogP contribution in [0.25, 0.3) is 0 Å². The first-order valence-electron chi connectivity index (χ1n) is 5.01. The Balaban J connectivity index is 2.41. The van der Waals surface area contributed by atoms with E-state index in [1.54, 1.807) is 0 Å². The van der Waals surface area contributed by atoms with Crippen molar-refractivity contribution in [2.24, 2.45) is 0 Å². The molecule has 0 aromatic heterocycles. The standard InChI is InChI=1S/C12H19N/c1-4-11(3)13-9-12-7-5-10(2)6-8-12/h5-8,11,13H,4,9H2,1-3H3/t11-/m1/s1. The molecule has 1 rings (SSSR count). The van der Waals surface area contributed by atoms with E-state index in [1.807, 2.05) is 0 Å². The second-order valence-corrected chi connectivity index (χ2v) is 3.68. The molecule has 0 saturated carbocycles. The summed E-state index contributed by atoms with van der Waals surface area (Å²) in [6.45, 7) is 7.52. The van der Waals surface area contributed by atoms with Gasteiger partial charge in [-0.3, -0.25) is 0 Å². The fourth-order valence-corrected chi connectivity index (χ4v) is 1.14. The lowest BCUT2D eigenvalue weighted by atomic mass is 10.1. The monoisotopic (exact) mass is 177 g/mol. The third kappa shape index (κ3) is 3.60. The van der Waals surface area contributed by atoms with Crippen molar-refractivity contribution in [3.05, 3.63) is 35.4 Å². The maximum atomic E-state index is 3.47. The van der Waals surface area contributed by atoms with Gasteiger partial charge >= 0.3 is 0 Å². The van der Waals surface area contributed by atoms with Crippen LogP contribution in [0.4, 0.5) is 0 Å². The van der Waals surface area contributed by atoms with Crippen molar-refractivity contribution in [3.63, 3.8) is 0 Å². The number of hydrogen-bond donors (Lipinski definition) is 1. The Labute approximate surface area is 81.2 Å². The summed E-state index contributed by atoms with van der Waals surface area (Å²) in [5, 5.41) is 3.47. The van der Waals surface area contributed by atoms with Gasteiger partial charge in [0.05, 0.1) is 0 Å². The molecule has 0 saturated heterocycles. The average molecular weight is 177 g/mol. The molecule has 0 spiro atoms. The number of benzene rings is 1. The van der Waals surface area contributed by atoms with Crippen molar-refractivity contribution in [1.29, 1.82) is 0 Å². The minimum atomic E-state index is 0.612. The molecule has 1 N–H and O–H groups in total. The van der Waals surface area contributed by atoms with Gasteiger partial charge < -0.3 is 5.32 Å². The molecule has 0 radical (unpaired) electrons. The highest BCUT2D eigenvalue weighted by molar-refractivity contribution is 5.21. The zero-order valence-electron chi connectivity index (χ0n) is 8.80. The molecule has 0 aliphatic rings. The van der Waals surface area contributed by atoms with Crippen LogP contribution < -0.4 is 5.32 Å². The highest BCUT2D eigenvalue weighted by Crippen LogP contribution is 2.03. The Kier molecular flexibility index (Phi) is 3.97. The molecule has 1 nitrogen and oxygen atoms in total. The lowest BCUT2D eigenvalue weighted by molar-refractivity contribution is 0.534. The first-order chi connectivity index (χ1) is 6.22. The molecule has 72 valence electrons. The van der Waals surface area contributed by atoms with Gasteiger partial charge in [-0.25, -0.2) is 0 Å². The Bertz CT molecular complexity index is 238. The summed E-state index contributed by atoms with van der Waals surface area (Å²) in [4.78, 5) is 0. The fraction of sp³-hybridized carbons (Fsp3) is 0.500. The van der Waals surface area contributed by atoms with E-state index in [9.17, 15) is 0 Å². The molecule has 0 heterocycles. The summed E-state index contributed by atoms with van der Waals surface area (Å²) in [5.74, 6) is 0. The van der Waals surface area contributed by atoms with Gasteiger partial charge in [0, 0.05) is 12.6 Å². The van der Waals surface area contributed by atoms with Crippen LogP contribution in [0, 0.1) is 6.92 Å². The van der Waals surface area contributed by atoms with E-state index < -0.39 is 0 Å². The molecule has 0 fully saturated rings. The van der Waals surface area contributed by atoms with Gasteiger partial charge in [0.2, 0.25) is 0 Å². The fourth-order valence-electron chi connectivity index (χ4n) is 1.14. The van der Waals surface area contributed by atoms with Crippen LogP contribution in [0.15, 0.2) is 24.3 Å². The minimum Gasteiger partial charge on any atom is -0.310 e. The first kappa shape index (κ1) is 10.3. The topological polar surface area (TPSA) is 12.0 Å². The second kappa shape index (κ2) is 5.03. The number of aryl methyl sites for hydroxylation is 1. The molecule has 0 aliphatic carbocycles. The van der Waals surface area contributed by atoms with Crippen LogP contribution in [0.2, 0.25) is 0 Å². The van der Waals surface area contributed by atoms with Gasteiger partial charge in [-0.15, -0.1) is 0 Å². The largest absolute Gasteiger partial charge is 0.310 e. The molecule has 1 atom stereocenters. The SMILES string of the molecule is CC[C@@H](C)NCc1ccc(C)cc1. The van der Waals surface area contributed by atoms with Crippen LogP contribution in [-0.4, -0.2) is 6.04 Å². The molecule has 1 heteroatoms. The van der Waals surface area contributed by atoms with Crippen LogP contribution >= 0.6 is 0 Å². The Morgan fingerprint density at radius 3 is 2.38 bits per heavy atom. The molecule has 0 unspecified atom stereocenters. The highest BCUT2D eigenvalue weighted by Gasteiger charge is 1.97. The van der Waals surface area contributed by atoms with Crippen molar-refractivity contribution < 1.29 is 0 Å². The number of nitrogens with one attached hydrogen (secondary N) is 1. The molecule has 0 bridgehead atoms. The maximum absolute atomic E-state index is 3.47. The lowest BCUT2D eigenvalue weighted by Gasteiger charge is -2.10. The average Bonchev–Trinajstić information content (AvgIpc) is 2.16. The van der Waals surface area contributed by atoms with Gasteiger partial charge in [0.1, 0.15) is 0 Å². The summed E-state index contributed by atoms with van der Waals surface area (Å²) >= 11 is 0. The smallest absolute Gasteiger partial charge is 0.0207 e. The molecular formula is C12H19N. The van der Waals surface area contributed by atoms with E-state index in [-0.39, 0.29) is 0 Å². The molecule has 13 heavy (non-hydrogen) atoms. The predicted octanol–water partition coefficient (Wildman–Crippen LogP) is 2.88. The predicted molar refractivity (Wildman–Crippen MR) is 57.8 cm³/mol. The zero-order chi connectivity index (χ0) is 9.68. The molecule has 0 amide bonds. The van der Waals surface area contributed by atoms with Crippen molar-refractivity contribution in [3.8, 4) is 0 Å². The summed E-state index contributed by atoms with van der Waals surface area (Å²) in [7, 11) is 0. The molecular weight excluding hydrogens is 158 g/mol. The van der Waals surface area contributed by atoms with Crippen LogP contribution in [0.1, 0.15) is 31.4 Å². The van der Waals surface area contributed by atoms with E-state index in [0.717, 1.165) is 6.54 Å². The normalized spacial score (nSPS) is 12.8. The van der Waals surface area contributed by atoms with E-state index in [2.05, 4.69) is 50.4 Å². The Morgan fingerprint density at radius 2 is 1.85 bits per heavy atom. The first-order valence-corrected chi connectivity index (χ1v) is 5.01. The van der Waals surface area contributed by atoms with Crippen LogP contribution in [0.3, 0.4) is 0 Å². The van der Waals surface area contributed by atoms with E-state index in [4.69, 9.17) is 0 Å². The molecule has 0 aliphatic heterocycles. The van der Waals surface area contributed by atoms with Gasteiger partial charge in [-0.05, 0) is 25.8 Å². The summed E-state index contributed by atoms with van der Waals surface area (Å²) < 4.78 is 0. The van der Waals surface area contributed by atoms with Crippen molar-refractivity contribution in [1.82, 2.24) is 5.32 Å². The van der Waals surface area contributed by atoms with Gasteiger partial charge in [-0.1, -0.05) is 36.8 Å². The zero-order valence-corrected chi connectivity index (χ0v) is 8.80. The minimum absolute atomic E-state index is 0.612. The highest BCUT2D eigenvalue weighted by atomic mass is 14.9. The second-order valence-electron chi connectivity index (χ2n) is 3.68. The maximum Gasteiger partial charge on any atom is 0.0207 e. The van der Waals surface area contributed by atoms with Gasteiger partial charge in [0.15, 0.2) is 0 Å². The lowest BCUT2D eigenvalue weighted by Crippen LogP contribution is -2.24. The van der Waals surface area contributed by atoms with E-state index in [1.165, 1.54) is 17.5 Å². The van der Waals surface area contributed by atoms with Crippen molar-refractivity contribution in [2.75, 3.05) is 0 Å². The van der Waals surface area contributed by atoms with Gasteiger partial charge in [-0.2, -0.15) is 0 Å². The summed E-state index contributed by atoms with van der Waals surface area (Å²) in [5.41, 5.74) is 2.69. The third-order valence-corrected chi connectivity index (χ3v) is 2.39. The quantitative estimate of drug-likeness (QED) is 0.745.